The van der Waals surface area contributed by atoms with Gasteiger partial charge in [0.25, 0.3) is 10.0 Å². The number of amides is 1. The van der Waals surface area contributed by atoms with Gasteiger partial charge in [0.1, 0.15) is 16.1 Å². The van der Waals surface area contributed by atoms with Crippen LogP contribution in [0, 0.1) is 5.92 Å². The summed E-state index contributed by atoms with van der Waals surface area (Å²) in [5, 5.41) is 5.03. The number of fused-ring (bicyclic) bond motifs is 4. The third-order valence-electron chi connectivity index (χ3n) is 6.42. The zero-order valence-corrected chi connectivity index (χ0v) is 18.5. The fraction of sp³-hybridized carbons (Fsp3) is 0.200. The van der Waals surface area contributed by atoms with Crippen LogP contribution in [0.25, 0.3) is 21.9 Å². The summed E-state index contributed by atoms with van der Waals surface area (Å²) in [5.41, 5.74) is 2.99. The number of para-hydroxylation sites is 1. The van der Waals surface area contributed by atoms with Crippen molar-refractivity contribution in [1.29, 1.82) is 0 Å². The lowest BCUT2D eigenvalue weighted by molar-refractivity contribution is -0.120. The number of nitrogens with zero attached hydrogens (tertiary/aromatic N) is 2. The highest BCUT2D eigenvalue weighted by molar-refractivity contribution is 7.90. The lowest BCUT2D eigenvalue weighted by Gasteiger charge is -2.32. The van der Waals surface area contributed by atoms with Crippen LogP contribution in [0.4, 0.5) is 5.69 Å². The number of carbonyl (C=O) groups excluding carboxylic acids is 1. The number of likely N-dealkylation sites (tertiary alicyclic amines) is 1. The normalized spacial score (nSPS) is 17.8. The van der Waals surface area contributed by atoms with Crippen LogP contribution in [-0.4, -0.2) is 38.2 Å². The maximum atomic E-state index is 13.0. The van der Waals surface area contributed by atoms with Gasteiger partial charge >= 0.3 is 0 Å². The van der Waals surface area contributed by atoms with E-state index >= 15 is 0 Å². The lowest BCUT2D eigenvalue weighted by atomic mass is 9.95. The van der Waals surface area contributed by atoms with E-state index in [1.807, 2.05) is 53.4 Å². The molecule has 0 radical (unpaired) electrons. The summed E-state index contributed by atoms with van der Waals surface area (Å²) >= 11 is 0. The molecule has 7 nitrogen and oxygen atoms in total. The summed E-state index contributed by atoms with van der Waals surface area (Å²) < 4.78 is 34.6. The second kappa shape index (κ2) is 7.45. The van der Waals surface area contributed by atoms with Crippen LogP contribution in [0.1, 0.15) is 18.4 Å². The van der Waals surface area contributed by atoms with Crippen molar-refractivity contribution in [2.24, 2.45) is 10.3 Å². The molecule has 1 fully saturated rings. The van der Waals surface area contributed by atoms with E-state index in [-0.39, 0.29) is 16.7 Å². The van der Waals surface area contributed by atoms with Gasteiger partial charge in [0.2, 0.25) is 5.91 Å². The molecule has 3 aromatic carbocycles. The van der Waals surface area contributed by atoms with E-state index in [0.717, 1.165) is 27.6 Å². The topological polar surface area (TPSA) is 92.0 Å². The molecule has 0 aliphatic carbocycles. The standard InChI is InChI=1S/C25H21N3O4S/c29-25(26-17-9-10-22-20(15-17)18-5-1-3-7-21(18)32-22)16-11-13-28(14-12-16)24-19-6-2-4-8-23(19)33(30,31)27-24/h1-10,15-16H,11-14H2,(H,26,29). The Bertz CT molecular complexity index is 1550. The Kier molecular flexibility index (Phi) is 4.51. The average molecular weight is 460 g/mol. The first-order valence-electron chi connectivity index (χ1n) is 10.9. The largest absolute Gasteiger partial charge is 0.456 e. The molecule has 1 aromatic heterocycles. The summed E-state index contributed by atoms with van der Waals surface area (Å²) in [6, 6.07) is 20.4. The number of anilines is 1. The van der Waals surface area contributed by atoms with E-state index in [0.29, 0.717) is 37.3 Å². The molecule has 2 aliphatic rings. The molecule has 1 saturated heterocycles. The Hall–Kier alpha value is -3.65. The number of nitrogens with one attached hydrogen (secondary N) is 1. The number of furan rings is 1. The number of amidine groups is 1. The average Bonchev–Trinajstić information content (AvgIpc) is 3.34. The number of sulfonamides is 1. The second-order valence-corrected chi connectivity index (χ2v) is 10.0. The van der Waals surface area contributed by atoms with Crippen molar-refractivity contribution in [2.45, 2.75) is 17.7 Å². The van der Waals surface area contributed by atoms with Crippen molar-refractivity contribution < 1.29 is 17.6 Å². The van der Waals surface area contributed by atoms with Gasteiger partial charge in [-0.2, -0.15) is 8.42 Å². The van der Waals surface area contributed by atoms with Crippen molar-refractivity contribution >= 4 is 49.4 Å². The van der Waals surface area contributed by atoms with Crippen LogP contribution < -0.4 is 5.32 Å². The molecule has 8 heteroatoms. The molecule has 1 N–H and O–H groups in total. The van der Waals surface area contributed by atoms with Crippen molar-refractivity contribution in [3.8, 4) is 0 Å². The van der Waals surface area contributed by atoms with Gasteiger partial charge in [-0.15, -0.1) is 4.40 Å². The highest BCUT2D eigenvalue weighted by Gasteiger charge is 2.34. The Morgan fingerprint density at radius 1 is 0.939 bits per heavy atom. The molecule has 33 heavy (non-hydrogen) atoms. The molecule has 166 valence electrons. The molecule has 0 atom stereocenters. The van der Waals surface area contributed by atoms with E-state index in [1.54, 1.807) is 18.2 Å². The molecule has 0 saturated carbocycles. The minimum absolute atomic E-state index is 0.0248. The van der Waals surface area contributed by atoms with E-state index in [9.17, 15) is 13.2 Å². The van der Waals surface area contributed by atoms with E-state index in [4.69, 9.17) is 4.42 Å². The Morgan fingerprint density at radius 3 is 2.52 bits per heavy atom. The number of benzene rings is 3. The fourth-order valence-electron chi connectivity index (χ4n) is 4.72. The van der Waals surface area contributed by atoms with E-state index in [1.165, 1.54) is 0 Å². The van der Waals surface area contributed by atoms with Gasteiger partial charge < -0.3 is 14.6 Å². The molecular formula is C25H21N3O4S. The first kappa shape index (κ1) is 20.0. The molecule has 3 heterocycles. The number of piperidine rings is 1. The number of rotatable bonds is 2. The van der Waals surface area contributed by atoms with Crippen LogP contribution in [-0.2, 0) is 14.8 Å². The summed E-state index contributed by atoms with van der Waals surface area (Å²) in [7, 11) is -3.64. The highest BCUT2D eigenvalue weighted by Crippen LogP contribution is 2.32. The molecule has 2 aliphatic heterocycles. The Labute approximate surface area is 190 Å². The van der Waals surface area contributed by atoms with Gasteiger partial charge in [-0.25, -0.2) is 0 Å². The van der Waals surface area contributed by atoms with Crippen molar-refractivity contribution in [1.82, 2.24) is 4.90 Å². The Morgan fingerprint density at radius 2 is 1.67 bits per heavy atom. The van der Waals surface area contributed by atoms with Gasteiger partial charge in [-0.05, 0) is 49.2 Å². The van der Waals surface area contributed by atoms with Crippen LogP contribution in [0.5, 0.6) is 0 Å². The van der Waals surface area contributed by atoms with Crippen molar-refractivity contribution in [3.63, 3.8) is 0 Å². The van der Waals surface area contributed by atoms with Gasteiger partial charge in [-0.3, -0.25) is 4.79 Å². The number of hydrogen-bond acceptors (Lipinski definition) is 5. The molecule has 0 spiro atoms. The van der Waals surface area contributed by atoms with Crippen LogP contribution in [0.3, 0.4) is 0 Å². The van der Waals surface area contributed by atoms with Gasteiger partial charge in [-0.1, -0.05) is 30.3 Å². The predicted molar refractivity (Wildman–Crippen MR) is 127 cm³/mol. The molecule has 6 rings (SSSR count). The summed E-state index contributed by atoms with van der Waals surface area (Å²) in [5.74, 6) is 0.317. The van der Waals surface area contributed by atoms with Crippen LogP contribution in [0.15, 0.2) is 80.4 Å². The highest BCUT2D eigenvalue weighted by atomic mass is 32.2. The van der Waals surface area contributed by atoms with Crippen LogP contribution in [0.2, 0.25) is 0 Å². The fourth-order valence-corrected chi connectivity index (χ4v) is 5.95. The van der Waals surface area contributed by atoms with Gasteiger partial charge in [0.15, 0.2) is 5.84 Å². The minimum atomic E-state index is -3.64. The molecule has 1 amide bonds. The van der Waals surface area contributed by atoms with Crippen LogP contribution >= 0.6 is 0 Å². The molecule has 4 aromatic rings. The SMILES string of the molecule is O=C(Nc1ccc2oc3ccccc3c2c1)C1CCN(C2=NS(=O)(=O)c3ccccc32)CC1. The quantitative estimate of drug-likeness (QED) is 0.480. The summed E-state index contributed by atoms with van der Waals surface area (Å²) in [4.78, 5) is 15.2. The minimum Gasteiger partial charge on any atom is -0.456 e. The third-order valence-corrected chi connectivity index (χ3v) is 7.75. The second-order valence-electron chi connectivity index (χ2n) is 8.45. The lowest BCUT2D eigenvalue weighted by Crippen LogP contribution is -2.41. The van der Waals surface area contributed by atoms with Gasteiger partial charge in [0.05, 0.1) is 0 Å². The molecule has 0 unspecified atom stereocenters. The number of hydrogen-bond donors (Lipinski definition) is 1. The molecule has 0 bridgehead atoms. The number of carbonyl (C=O) groups is 1. The van der Waals surface area contributed by atoms with Gasteiger partial charge in [0, 0.05) is 41.0 Å². The van der Waals surface area contributed by atoms with Crippen molar-refractivity contribution in [3.05, 3.63) is 72.3 Å². The van der Waals surface area contributed by atoms with E-state index in [2.05, 4.69) is 9.71 Å². The molecular weight excluding hydrogens is 438 g/mol. The Balaban J connectivity index is 1.16. The smallest absolute Gasteiger partial charge is 0.285 e. The maximum absolute atomic E-state index is 13.0. The maximum Gasteiger partial charge on any atom is 0.285 e. The van der Waals surface area contributed by atoms with E-state index < -0.39 is 10.0 Å². The summed E-state index contributed by atoms with van der Waals surface area (Å²) in [6.45, 7) is 1.15. The first-order chi connectivity index (χ1) is 16.0. The third kappa shape index (κ3) is 3.38. The zero-order chi connectivity index (χ0) is 22.6. The zero-order valence-electron chi connectivity index (χ0n) is 17.7. The predicted octanol–water partition coefficient (Wildman–Crippen LogP) is 4.39. The summed E-state index contributed by atoms with van der Waals surface area (Å²) in [6.07, 6.45) is 1.26. The van der Waals surface area contributed by atoms with Crippen molar-refractivity contribution in [2.75, 3.05) is 18.4 Å². The first-order valence-corrected chi connectivity index (χ1v) is 12.4. The monoisotopic (exact) mass is 459 g/mol.